The highest BCUT2D eigenvalue weighted by Crippen LogP contribution is 2.60. The number of fused-ring (bicyclic) bond motifs is 1. The minimum atomic E-state index is -0.795. The molecular weight excluding hydrogens is 288 g/mol. The first kappa shape index (κ1) is 18.1. The van der Waals surface area contributed by atoms with E-state index in [0.717, 1.165) is 44.7 Å². The topological polar surface area (TPSA) is 54.4 Å². The second-order valence-electron chi connectivity index (χ2n) is 8.50. The van der Waals surface area contributed by atoms with Crippen LogP contribution in [-0.2, 0) is 9.59 Å². The molecule has 0 heterocycles. The fourth-order valence-electron chi connectivity index (χ4n) is 4.92. The normalized spacial score (nSPS) is 38.0. The molecule has 3 nitrogen and oxygen atoms in total. The smallest absolute Gasteiger partial charge is 0.146 e. The van der Waals surface area contributed by atoms with Crippen LogP contribution in [0.3, 0.4) is 0 Å². The van der Waals surface area contributed by atoms with Gasteiger partial charge >= 0.3 is 0 Å². The molecule has 0 spiro atoms. The van der Waals surface area contributed by atoms with E-state index in [0.29, 0.717) is 11.5 Å². The molecule has 128 valence electrons. The van der Waals surface area contributed by atoms with Crippen LogP contribution in [0.5, 0.6) is 0 Å². The molecule has 0 saturated heterocycles. The van der Waals surface area contributed by atoms with Gasteiger partial charge in [0.05, 0.1) is 5.60 Å². The third-order valence-corrected chi connectivity index (χ3v) is 6.14. The molecule has 0 aromatic heterocycles. The Bertz CT molecular complexity index is 525. The third kappa shape index (κ3) is 3.50. The van der Waals surface area contributed by atoms with Crippen molar-refractivity contribution in [2.24, 2.45) is 22.7 Å². The number of carbonyl (C=O) groups excluding carboxylic acids is 2. The first-order valence-corrected chi connectivity index (χ1v) is 8.67. The molecule has 1 fully saturated rings. The Labute approximate surface area is 139 Å². The van der Waals surface area contributed by atoms with Gasteiger partial charge in [-0.15, -0.1) is 0 Å². The van der Waals surface area contributed by atoms with Crippen LogP contribution in [-0.4, -0.2) is 23.3 Å². The van der Waals surface area contributed by atoms with E-state index in [1.54, 1.807) is 13.8 Å². The van der Waals surface area contributed by atoms with Gasteiger partial charge in [-0.25, -0.2) is 0 Å². The van der Waals surface area contributed by atoms with Crippen LogP contribution in [0, 0.1) is 22.7 Å². The van der Waals surface area contributed by atoms with E-state index in [2.05, 4.69) is 19.9 Å². The second kappa shape index (κ2) is 6.35. The first-order chi connectivity index (χ1) is 10.7. The van der Waals surface area contributed by atoms with Crippen molar-refractivity contribution in [2.45, 2.75) is 65.4 Å². The van der Waals surface area contributed by atoms with Crippen LogP contribution in [0.25, 0.3) is 0 Å². The highest BCUT2D eigenvalue weighted by Gasteiger charge is 2.53. The summed E-state index contributed by atoms with van der Waals surface area (Å²) in [5, 5.41) is 9.88. The molecule has 23 heavy (non-hydrogen) atoms. The average molecular weight is 318 g/mol. The third-order valence-electron chi connectivity index (χ3n) is 6.14. The summed E-state index contributed by atoms with van der Waals surface area (Å²) in [5.74, 6) is 0.103. The lowest BCUT2D eigenvalue weighted by atomic mass is 9.48. The summed E-state index contributed by atoms with van der Waals surface area (Å²) in [5.41, 5.74) is -0.171. The van der Waals surface area contributed by atoms with Crippen LogP contribution in [0.15, 0.2) is 23.8 Å². The number of allylic oxidation sites excluding steroid dienone is 3. The molecule has 2 aliphatic carbocycles. The minimum Gasteiger partial charge on any atom is -0.386 e. The lowest BCUT2D eigenvalue weighted by molar-refractivity contribution is -0.122. The Balaban J connectivity index is 2.31. The van der Waals surface area contributed by atoms with E-state index in [1.807, 2.05) is 12.2 Å². The number of hydrogen-bond acceptors (Lipinski definition) is 3. The van der Waals surface area contributed by atoms with Gasteiger partial charge in [-0.2, -0.15) is 0 Å². The van der Waals surface area contributed by atoms with Crippen molar-refractivity contribution in [3.8, 4) is 0 Å². The maximum Gasteiger partial charge on any atom is 0.146 e. The van der Waals surface area contributed by atoms with Crippen molar-refractivity contribution in [3.63, 3.8) is 0 Å². The average Bonchev–Trinajstić information content (AvgIpc) is 2.44. The molecule has 0 aromatic carbocycles. The fourth-order valence-corrected chi connectivity index (χ4v) is 4.92. The molecular formula is C20H30O3. The largest absolute Gasteiger partial charge is 0.386 e. The summed E-state index contributed by atoms with van der Waals surface area (Å²) in [7, 11) is 0. The molecule has 0 aromatic rings. The molecule has 1 saturated carbocycles. The quantitative estimate of drug-likeness (QED) is 0.618. The summed E-state index contributed by atoms with van der Waals surface area (Å²) in [6.45, 7) is 8.04. The summed E-state index contributed by atoms with van der Waals surface area (Å²) >= 11 is 0. The Kier molecular flexibility index (Phi) is 5.00. The summed E-state index contributed by atoms with van der Waals surface area (Å²) in [6, 6.07) is 0. The maximum atomic E-state index is 11.7. The van der Waals surface area contributed by atoms with Crippen LogP contribution in [0.2, 0.25) is 0 Å². The van der Waals surface area contributed by atoms with Crippen LogP contribution in [0.4, 0.5) is 0 Å². The molecule has 0 amide bonds. The van der Waals surface area contributed by atoms with Crippen molar-refractivity contribution < 1.29 is 14.7 Å². The van der Waals surface area contributed by atoms with E-state index in [-0.39, 0.29) is 16.7 Å². The number of carbonyl (C=O) groups is 2. The van der Waals surface area contributed by atoms with E-state index >= 15 is 0 Å². The number of hydrogen-bond donors (Lipinski definition) is 1. The van der Waals surface area contributed by atoms with Crippen molar-refractivity contribution in [1.29, 1.82) is 0 Å². The Morgan fingerprint density at radius 3 is 2.57 bits per heavy atom. The summed E-state index contributed by atoms with van der Waals surface area (Å²) < 4.78 is 0. The standard InChI is InChI=1S/C20H30O3/c1-18(2,23)9-5-10-19(3)11-6-12-20(4)16(14-22)15(13-21)7-8-17(19)20/h5,7,9,13-14,16-17,23H,6,8,10-12H2,1-4H3/b9-5+/t16-,17+,19+,20+/m0/s1. The Hall–Kier alpha value is -1.22. The van der Waals surface area contributed by atoms with Gasteiger partial charge in [0.2, 0.25) is 0 Å². The van der Waals surface area contributed by atoms with E-state index in [4.69, 9.17) is 0 Å². The van der Waals surface area contributed by atoms with Gasteiger partial charge in [-0.1, -0.05) is 38.5 Å². The second-order valence-corrected chi connectivity index (χ2v) is 8.50. The van der Waals surface area contributed by atoms with E-state index in [9.17, 15) is 14.7 Å². The van der Waals surface area contributed by atoms with Crippen molar-refractivity contribution in [2.75, 3.05) is 0 Å². The van der Waals surface area contributed by atoms with Gasteiger partial charge in [0.15, 0.2) is 0 Å². The predicted octanol–water partition coefficient (Wildman–Crippen LogP) is 3.86. The minimum absolute atomic E-state index is 0.0981. The highest BCUT2D eigenvalue weighted by molar-refractivity contribution is 5.82. The molecule has 2 aliphatic rings. The predicted molar refractivity (Wildman–Crippen MR) is 91.9 cm³/mol. The molecule has 3 heteroatoms. The number of rotatable bonds is 5. The summed E-state index contributed by atoms with van der Waals surface area (Å²) in [4.78, 5) is 23.0. The summed E-state index contributed by atoms with van der Waals surface area (Å²) in [6.07, 6.45) is 12.7. The van der Waals surface area contributed by atoms with E-state index < -0.39 is 5.60 Å². The zero-order chi connectivity index (χ0) is 17.3. The lowest BCUT2D eigenvalue weighted by Gasteiger charge is -2.56. The zero-order valence-electron chi connectivity index (χ0n) is 14.8. The molecule has 0 bridgehead atoms. The van der Waals surface area contributed by atoms with Crippen molar-refractivity contribution >= 4 is 12.6 Å². The highest BCUT2D eigenvalue weighted by atomic mass is 16.3. The van der Waals surface area contributed by atoms with Crippen LogP contribution < -0.4 is 0 Å². The lowest BCUT2D eigenvalue weighted by Crippen LogP contribution is -2.50. The van der Waals surface area contributed by atoms with Gasteiger partial charge in [0.1, 0.15) is 12.6 Å². The van der Waals surface area contributed by atoms with Gasteiger partial charge in [0, 0.05) is 5.92 Å². The monoisotopic (exact) mass is 318 g/mol. The number of aliphatic hydroxyl groups is 1. The molecule has 4 atom stereocenters. The number of aldehydes is 2. The molecule has 0 unspecified atom stereocenters. The van der Waals surface area contributed by atoms with Crippen LogP contribution >= 0.6 is 0 Å². The maximum absolute atomic E-state index is 11.7. The van der Waals surface area contributed by atoms with Crippen molar-refractivity contribution in [1.82, 2.24) is 0 Å². The van der Waals surface area contributed by atoms with Crippen molar-refractivity contribution in [3.05, 3.63) is 23.8 Å². The Morgan fingerprint density at radius 1 is 1.30 bits per heavy atom. The fraction of sp³-hybridized carbons (Fsp3) is 0.700. The first-order valence-electron chi connectivity index (χ1n) is 8.67. The van der Waals surface area contributed by atoms with Gasteiger partial charge < -0.3 is 9.90 Å². The molecule has 0 aliphatic heterocycles. The van der Waals surface area contributed by atoms with Gasteiger partial charge in [0.25, 0.3) is 0 Å². The molecule has 0 radical (unpaired) electrons. The molecule has 1 N–H and O–H groups in total. The van der Waals surface area contributed by atoms with Gasteiger partial charge in [-0.3, -0.25) is 4.79 Å². The SMILES string of the molecule is CC(C)(O)/C=C/C[C@]1(C)CCC[C@@]2(C)[C@@H]1CC=C(C=O)[C@@H]2C=O. The zero-order valence-corrected chi connectivity index (χ0v) is 14.8. The molecule has 2 rings (SSSR count). The van der Waals surface area contributed by atoms with E-state index in [1.165, 1.54) is 0 Å². The Morgan fingerprint density at radius 2 is 2.00 bits per heavy atom. The van der Waals surface area contributed by atoms with Crippen LogP contribution in [0.1, 0.15) is 59.8 Å². The van der Waals surface area contributed by atoms with Gasteiger partial charge in [-0.05, 0) is 61.9 Å².